The molecule has 0 saturated carbocycles. The van der Waals surface area contributed by atoms with Gasteiger partial charge >= 0.3 is 0 Å². The van der Waals surface area contributed by atoms with Crippen LogP contribution in [0.2, 0.25) is 0 Å². The van der Waals surface area contributed by atoms with E-state index in [4.69, 9.17) is 0 Å². The number of nitrogens with one attached hydrogen (secondary N) is 1. The fourth-order valence-corrected chi connectivity index (χ4v) is 2.62. The normalized spacial score (nSPS) is 27.3. The molecule has 0 amide bonds. The lowest BCUT2D eigenvalue weighted by Crippen LogP contribution is -2.33. The van der Waals surface area contributed by atoms with Crippen molar-refractivity contribution in [2.75, 3.05) is 13.6 Å². The van der Waals surface area contributed by atoms with E-state index in [1.54, 1.807) is 0 Å². The lowest BCUT2D eigenvalue weighted by atomic mass is 10.0. The van der Waals surface area contributed by atoms with Gasteiger partial charge in [-0.3, -0.25) is 0 Å². The van der Waals surface area contributed by atoms with E-state index < -0.39 is 0 Å². The molecular formula is C15H24N2. The molecular weight excluding hydrogens is 208 g/mol. The zero-order valence-corrected chi connectivity index (χ0v) is 11.4. The number of hydrogen-bond donors (Lipinski definition) is 1. The van der Waals surface area contributed by atoms with Crippen LogP contribution in [-0.2, 0) is 0 Å². The van der Waals surface area contributed by atoms with Gasteiger partial charge in [-0.15, -0.1) is 0 Å². The summed E-state index contributed by atoms with van der Waals surface area (Å²) < 4.78 is 0. The van der Waals surface area contributed by atoms with Crippen LogP contribution < -0.4 is 5.32 Å². The Kier molecular flexibility index (Phi) is 3.85. The van der Waals surface area contributed by atoms with Crippen LogP contribution in [0.1, 0.15) is 37.4 Å². The fraction of sp³-hybridized carbons (Fsp3) is 0.600. The first-order valence-corrected chi connectivity index (χ1v) is 6.59. The Labute approximate surface area is 105 Å². The molecule has 0 aliphatic carbocycles. The second kappa shape index (κ2) is 5.19. The van der Waals surface area contributed by atoms with Gasteiger partial charge in [0.15, 0.2) is 0 Å². The molecule has 1 aromatic carbocycles. The van der Waals surface area contributed by atoms with Crippen molar-refractivity contribution in [3.63, 3.8) is 0 Å². The topological polar surface area (TPSA) is 15.3 Å². The minimum atomic E-state index is 0.444. The van der Waals surface area contributed by atoms with Crippen molar-refractivity contribution in [2.45, 2.75) is 45.3 Å². The van der Waals surface area contributed by atoms with Crippen LogP contribution in [0.25, 0.3) is 0 Å². The average Bonchev–Trinajstić information content (AvgIpc) is 2.58. The quantitative estimate of drug-likeness (QED) is 0.862. The Morgan fingerprint density at radius 3 is 2.47 bits per heavy atom. The maximum absolute atomic E-state index is 3.73. The first kappa shape index (κ1) is 12.6. The van der Waals surface area contributed by atoms with Crippen LogP contribution in [-0.4, -0.2) is 30.6 Å². The van der Waals surface area contributed by atoms with E-state index in [2.05, 4.69) is 62.3 Å². The molecule has 2 heteroatoms. The van der Waals surface area contributed by atoms with Crippen LogP contribution >= 0.6 is 0 Å². The van der Waals surface area contributed by atoms with Crippen molar-refractivity contribution in [1.29, 1.82) is 0 Å². The number of aryl methyl sites for hydroxylation is 1. The molecule has 1 saturated heterocycles. The maximum atomic E-state index is 3.73. The van der Waals surface area contributed by atoms with Gasteiger partial charge in [0.1, 0.15) is 0 Å². The van der Waals surface area contributed by atoms with E-state index in [0.29, 0.717) is 18.1 Å². The molecule has 1 aromatic rings. The van der Waals surface area contributed by atoms with Crippen molar-refractivity contribution < 1.29 is 0 Å². The standard InChI is InChI=1S/C15H24N2/c1-11-5-7-14(8-6-11)13(3)16-15-9-12(2)17(4)10-15/h5-8,12-13,15-16H,9-10H2,1-4H3. The molecule has 0 radical (unpaired) electrons. The number of hydrogen-bond acceptors (Lipinski definition) is 2. The summed E-state index contributed by atoms with van der Waals surface area (Å²) in [6.45, 7) is 7.86. The monoisotopic (exact) mass is 232 g/mol. The molecule has 2 rings (SSSR count). The van der Waals surface area contributed by atoms with E-state index >= 15 is 0 Å². The molecule has 0 aromatic heterocycles. The number of likely N-dealkylation sites (N-methyl/N-ethyl adjacent to an activating group) is 1. The Morgan fingerprint density at radius 2 is 1.94 bits per heavy atom. The minimum absolute atomic E-state index is 0.444. The van der Waals surface area contributed by atoms with E-state index in [0.717, 1.165) is 6.54 Å². The molecule has 1 heterocycles. The third kappa shape index (κ3) is 3.08. The Morgan fingerprint density at radius 1 is 1.29 bits per heavy atom. The minimum Gasteiger partial charge on any atom is -0.306 e. The predicted octanol–water partition coefficient (Wildman–Crippen LogP) is 2.74. The third-order valence-corrected chi connectivity index (χ3v) is 3.95. The van der Waals surface area contributed by atoms with Gasteiger partial charge in [0.2, 0.25) is 0 Å². The predicted molar refractivity (Wildman–Crippen MR) is 73.2 cm³/mol. The molecule has 0 bridgehead atoms. The molecule has 0 spiro atoms. The molecule has 1 aliphatic rings. The van der Waals surface area contributed by atoms with Gasteiger partial charge in [-0.1, -0.05) is 29.8 Å². The van der Waals surface area contributed by atoms with E-state index in [1.807, 2.05) is 0 Å². The smallest absolute Gasteiger partial charge is 0.0294 e. The highest BCUT2D eigenvalue weighted by molar-refractivity contribution is 5.23. The third-order valence-electron chi connectivity index (χ3n) is 3.95. The van der Waals surface area contributed by atoms with Gasteiger partial charge in [-0.05, 0) is 39.8 Å². The number of rotatable bonds is 3. The summed E-state index contributed by atoms with van der Waals surface area (Å²) in [6, 6.07) is 10.6. The maximum Gasteiger partial charge on any atom is 0.0294 e. The fourth-order valence-electron chi connectivity index (χ4n) is 2.62. The summed E-state index contributed by atoms with van der Waals surface area (Å²) >= 11 is 0. The molecule has 3 unspecified atom stereocenters. The first-order chi connectivity index (χ1) is 8.06. The molecule has 17 heavy (non-hydrogen) atoms. The van der Waals surface area contributed by atoms with Crippen LogP contribution in [0.4, 0.5) is 0 Å². The molecule has 1 fully saturated rings. The second-order valence-corrected chi connectivity index (χ2v) is 5.52. The summed E-state index contributed by atoms with van der Waals surface area (Å²) in [4.78, 5) is 2.43. The second-order valence-electron chi connectivity index (χ2n) is 5.52. The molecule has 94 valence electrons. The van der Waals surface area contributed by atoms with Crippen LogP contribution in [0.3, 0.4) is 0 Å². The summed E-state index contributed by atoms with van der Waals surface area (Å²) in [5, 5.41) is 3.73. The van der Waals surface area contributed by atoms with Crippen molar-refractivity contribution in [3.05, 3.63) is 35.4 Å². The van der Waals surface area contributed by atoms with Gasteiger partial charge in [0.25, 0.3) is 0 Å². The van der Waals surface area contributed by atoms with Crippen LogP contribution in [0.5, 0.6) is 0 Å². The van der Waals surface area contributed by atoms with E-state index in [1.165, 1.54) is 17.5 Å². The highest BCUT2D eigenvalue weighted by Gasteiger charge is 2.26. The van der Waals surface area contributed by atoms with Gasteiger partial charge in [0.05, 0.1) is 0 Å². The lowest BCUT2D eigenvalue weighted by molar-refractivity contribution is 0.325. The Bertz CT molecular complexity index is 348. The first-order valence-electron chi connectivity index (χ1n) is 6.59. The van der Waals surface area contributed by atoms with Crippen molar-refractivity contribution >= 4 is 0 Å². The summed E-state index contributed by atoms with van der Waals surface area (Å²) in [5.74, 6) is 0. The van der Waals surface area contributed by atoms with E-state index in [-0.39, 0.29) is 0 Å². The van der Waals surface area contributed by atoms with Crippen molar-refractivity contribution in [2.24, 2.45) is 0 Å². The summed E-state index contributed by atoms with van der Waals surface area (Å²) in [6.07, 6.45) is 1.26. The highest BCUT2D eigenvalue weighted by atomic mass is 15.2. The molecule has 1 N–H and O–H groups in total. The number of nitrogens with zero attached hydrogens (tertiary/aromatic N) is 1. The molecule has 2 nitrogen and oxygen atoms in total. The van der Waals surface area contributed by atoms with Crippen LogP contribution in [0, 0.1) is 6.92 Å². The highest BCUT2D eigenvalue weighted by Crippen LogP contribution is 2.19. The van der Waals surface area contributed by atoms with Crippen LogP contribution in [0.15, 0.2) is 24.3 Å². The molecule has 3 atom stereocenters. The summed E-state index contributed by atoms with van der Waals surface area (Å²) in [7, 11) is 2.21. The zero-order valence-electron chi connectivity index (χ0n) is 11.4. The zero-order chi connectivity index (χ0) is 12.4. The number of likely N-dealkylation sites (tertiary alicyclic amines) is 1. The van der Waals surface area contributed by atoms with Gasteiger partial charge in [0, 0.05) is 24.7 Å². The van der Waals surface area contributed by atoms with Gasteiger partial charge in [-0.25, -0.2) is 0 Å². The van der Waals surface area contributed by atoms with E-state index in [9.17, 15) is 0 Å². The van der Waals surface area contributed by atoms with Gasteiger partial charge < -0.3 is 10.2 Å². The van der Waals surface area contributed by atoms with Gasteiger partial charge in [-0.2, -0.15) is 0 Å². The number of benzene rings is 1. The average molecular weight is 232 g/mol. The Balaban J connectivity index is 1.93. The lowest BCUT2D eigenvalue weighted by Gasteiger charge is -2.19. The van der Waals surface area contributed by atoms with Crippen molar-refractivity contribution in [1.82, 2.24) is 10.2 Å². The SMILES string of the molecule is Cc1ccc(C(C)NC2CC(C)N(C)C2)cc1. The summed E-state index contributed by atoms with van der Waals surface area (Å²) in [5.41, 5.74) is 2.72. The Hall–Kier alpha value is -0.860. The van der Waals surface area contributed by atoms with Crippen molar-refractivity contribution in [3.8, 4) is 0 Å². The molecule has 1 aliphatic heterocycles. The largest absolute Gasteiger partial charge is 0.306 e.